The Balaban J connectivity index is 1.70. The van der Waals surface area contributed by atoms with Crippen LogP contribution in [-0.4, -0.2) is 10.8 Å². The van der Waals surface area contributed by atoms with Gasteiger partial charge in [0, 0.05) is 0 Å². The fourth-order valence-electron chi connectivity index (χ4n) is 1.70. The van der Waals surface area contributed by atoms with E-state index in [0.29, 0.717) is 11.0 Å². The predicted molar refractivity (Wildman–Crippen MR) is 87.3 cm³/mol. The number of nitrogens with zero attached hydrogens (tertiary/aromatic N) is 4. The first-order valence-corrected chi connectivity index (χ1v) is 7.25. The minimum atomic E-state index is 0.540. The number of anilines is 1. The van der Waals surface area contributed by atoms with Crippen molar-refractivity contribution in [2.24, 2.45) is 15.3 Å². The number of fused-ring (bicyclic) bond motifs is 1. The van der Waals surface area contributed by atoms with E-state index in [0.717, 1.165) is 15.9 Å². The highest BCUT2D eigenvalue weighted by Crippen LogP contribution is 2.27. The van der Waals surface area contributed by atoms with Crippen LogP contribution in [0.4, 0.5) is 10.8 Å². The first-order chi connectivity index (χ1) is 10.3. The van der Waals surface area contributed by atoms with E-state index in [1.165, 1.54) is 11.3 Å². The van der Waals surface area contributed by atoms with Gasteiger partial charge in [0.25, 0.3) is 0 Å². The largest absolute Gasteiger partial charge is 0.277 e. The number of amidine groups is 1. The van der Waals surface area contributed by atoms with Gasteiger partial charge in [-0.1, -0.05) is 41.7 Å². The molecule has 0 amide bonds. The molecule has 21 heavy (non-hydrogen) atoms. The Morgan fingerprint density at radius 3 is 2.62 bits per heavy atom. The van der Waals surface area contributed by atoms with Gasteiger partial charge in [-0.05, 0) is 31.2 Å². The zero-order valence-electron chi connectivity index (χ0n) is 11.4. The summed E-state index contributed by atoms with van der Waals surface area (Å²) in [7, 11) is 0. The molecule has 2 aromatic carbocycles. The minimum Gasteiger partial charge on any atom is -0.277 e. The molecule has 0 bridgehead atoms. The minimum absolute atomic E-state index is 0.540. The summed E-state index contributed by atoms with van der Waals surface area (Å²) >= 11 is 1.51. The lowest BCUT2D eigenvalue weighted by atomic mass is 10.3. The van der Waals surface area contributed by atoms with Gasteiger partial charge < -0.3 is 0 Å². The third kappa shape index (κ3) is 3.49. The zero-order chi connectivity index (χ0) is 14.5. The lowest BCUT2D eigenvalue weighted by molar-refractivity contribution is 1.20. The van der Waals surface area contributed by atoms with Crippen LogP contribution in [-0.2, 0) is 0 Å². The van der Waals surface area contributed by atoms with Gasteiger partial charge in [-0.15, -0.1) is 10.2 Å². The topological polar surface area (TPSA) is 62.0 Å². The van der Waals surface area contributed by atoms with Crippen LogP contribution >= 0.6 is 11.3 Å². The Labute approximate surface area is 126 Å². The average molecular weight is 295 g/mol. The van der Waals surface area contributed by atoms with Gasteiger partial charge in [0.2, 0.25) is 5.13 Å². The molecule has 0 spiro atoms. The van der Waals surface area contributed by atoms with Crippen molar-refractivity contribution in [3.05, 3.63) is 54.6 Å². The highest BCUT2D eigenvalue weighted by atomic mass is 32.1. The van der Waals surface area contributed by atoms with Crippen molar-refractivity contribution in [3.8, 4) is 0 Å². The summed E-state index contributed by atoms with van der Waals surface area (Å²) in [4.78, 5) is 4.39. The van der Waals surface area contributed by atoms with Crippen molar-refractivity contribution < 1.29 is 0 Å². The van der Waals surface area contributed by atoms with E-state index in [1.807, 2.05) is 54.6 Å². The molecule has 1 N–H and O–H groups in total. The normalized spacial score (nSPS) is 12.1. The third-order valence-corrected chi connectivity index (χ3v) is 3.60. The molecule has 1 heterocycles. The van der Waals surface area contributed by atoms with Gasteiger partial charge in [-0.3, -0.25) is 5.43 Å². The smallest absolute Gasteiger partial charge is 0.231 e. The van der Waals surface area contributed by atoms with E-state index >= 15 is 0 Å². The van der Waals surface area contributed by atoms with Crippen LogP contribution in [0.25, 0.3) is 10.2 Å². The predicted octanol–water partition coefficient (Wildman–Crippen LogP) is 4.83. The molecule has 0 unspecified atom stereocenters. The summed E-state index contributed by atoms with van der Waals surface area (Å²) in [5, 5.41) is 13.0. The quantitative estimate of drug-likeness (QED) is 0.326. The van der Waals surface area contributed by atoms with Crippen molar-refractivity contribution in [3.63, 3.8) is 0 Å². The first-order valence-electron chi connectivity index (χ1n) is 6.44. The van der Waals surface area contributed by atoms with Crippen molar-refractivity contribution >= 4 is 38.2 Å². The molecule has 104 valence electrons. The second kappa shape index (κ2) is 6.23. The summed E-state index contributed by atoms with van der Waals surface area (Å²) in [6.07, 6.45) is 0. The molecule has 0 saturated heterocycles. The van der Waals surface area contributed by atoms with Crippen molar-refractivity contribution in [2.45, 2.75) is 6.92 Å². The summed E-state index contributed by atoms with van der Waals surface area (Å²) in [6, 6.07) is 17.6. The molecule has 6 heteroatoms. The van der Waals surface area contributed by atoms with Gasteiger partial charge >= 0.3 is 0 Å². The van der Waals surface area contributed by atoms with Gasteiger partial charge in [0.15, 0.2) is 5.84 Å². The Bertz CT molecular complexity index is 759. The van der Waals surface area contributed by atoms with E-state index in [4.69, 9.17) is 0 Å². The maximum atomic E-state index is 4.39. The molecule has 0 fully saturated rings. The van der Waals surface area contributed by atoms with E-state index in [1.54, 1.807) is 6.92 Å². The van der Waals surface area contributed by atoms with Gasteiger partial charge in [0.05, 0.1) is 15.9 Å². The van der Waals surface area contributed by atoms with E-state index in [9.17, 15) is 0 Å². The second-order valence-electron chi connectivity index (χ2n) is 4.30. The maximum Gasteiger partial charge on any atom is 0.231 e. The number of azo groups is 1. The number of thiazole rings is 1. The number of aromatic nitrogens is 1. The number of hydrazone groups is 1. The molecule has 0 aliphatic heterocycles. The molecule has 0 radical (unpaired) electrons. The summed E-state index contributed by atoms with van der Waals surface area (Å²) in [6.45, 7) is 1.78. The number of benzene rings is 2. The van der Waals surface area contributed by atoms with Crippen LogP contribution in [0.5, 0.6) is 0 Å². The first kappa shape index (κ1) is 13.4. The van der Waals surface area contributed by atoms with E-state index in [2.05, 4.69) is 25.7 Å². The van der Waals surface area contributed by atoms with Crippen LogP contribution in [0.1, 0.15) is 6.92 Å². The molecular weight excluding hydrogens is 282 g/mol. The van der Waals surface area contributed by atoms with Crippen molar-refractivity contribution in [2.75, 3.05) is 5.43 Å². The Morgan fingerprint density at radius 1 is 1.05 bits per heavy atom. The summed E-state index contributed by atoms with van der Waals surface area (Å²) < 4.78 is 1.10. The average Bonchev–Trinajstić information content (AvgIpc) is 2.95. The highest BCUT2D eigenvalue weighted by molar-refractivity contribution is 7.21. The SMILES string of the molecule is CC(N=Nc1nc2ccccc2s1)=NNc1ccccc1. The van der Waals surface area contributed by atoms with Crippen LogP contribution in [0.2, 0.25) is 0 Å². The molecule has 3 aromatic rings. The second-order valence-corrected chi connectivity index (χ2v) is 5.31. The highest BCUT2D eigenvalue weighted by Gasteiger charge is 2.01. The monoisotopic (exact) mass is 295 g/mol. The summed E-state index contributed by atoms with van der Waals surface area (Å²) in [5.41, 5.74) is 4.77. The molecule has 1 aromatic heterocycles. The molecule has 0 saturated carbocycles. The molecular formula is C15H13N5S. The van der Waals surface area contributed by atoms with Crippen molar-refractivity contribution in [1.82, 2.24) is 4.98 Å². The Kier molecular flexibility index (Phi) is 3.97. The molecule has 0 aliphatic carbocycles. The van der Waals surface area contributed by atoms with Gasteiger partial charge in [0.1, 0.15) is 0 Å². The number of hydrogen-bond acceptors (Lipinski definition) is 5. The lowest BCUT2D eigenvalue weighted by Gasteiger charge is -1.98. The number of para-hydroxylation sites is 2. The fraction of sp³-hybridized carbons (Fsp3) is 0.0667. The fourth-order valence-corrected chi connectivity index (χ4v) is 2.49. The number of nitrogens with one attached hydrogen (secondary N) is 1. The van der Waals surface area contributed by atoms with Crippen molar-refractivity contribution in [1.29, 1.82) is 0 Å². The molecule has 0 atom stereocenters. The molecule has 3 rings (SSSR count). The maximum absolute atomic E-state index is 4.39. The third-order valence-electron chi connectivity index (χ3n) is 2.68. The molecule has 5 nitrogen and oxygen atoms in total. The van der Waals surface area contributed by atoms with Gasteiger partial charge in [-0.2, -0.15) is 5.10 Å². The summed E-state index contributed by atoms with van der Waals surface area (Å²) in [5.74, 6) is 0.540. The van der Waals surface area contributed by atoms with E-state index in [-0.39, 0.29) is 0 Å². The van der Waals surface area contributed by atoms with Crippen LogP contribution < -0.4 is 5.43 Å². The standard InChI is InChI=1S/C15H13N5S/c1-11(17-19-12-7-3-2-4-8-12)18-20-15-16-13-9-5-6-10-14(13)21-15/h2-10,19H,1H3. The van der Waals surface area contributed by atoms with Crippen LogP contribution in [0.3, 0.4) is 0 Å². The Morgan fingerprint density at radius 2 is 1.81 bits per heavy atom. The number of rotatable bonds is 3. The van der Waals surface area contributed by atoms with E-state index < -0.39 is 0 Å². The zero-order valence-corrected chi connectivity index (χ0v) is 12.2. The Hall–Kier alpha value is -2.60. The van der Waals surface area contributed by atoms with Crippen LogP contribution in [0.15, 0.2) is 69.9 Å². The lowest BCUT2D eigenvalue weighted by Crippen LogP contribution is -1.93. The number of hydrogen-bond donors (Lipinski definition) is 1. The van der Waals surface area contributed by atoms with Gasteiger partial charge in [-0.25, -0.2) is 4.98 Å². The van der Waals surface area contributed by atoms with Crippen LogP contribution in [0, 0.1) is 0 Å². The molecule has 0 aliphatic rings.